The van der Waals surface area contributed by atoms with Gasteiger partial charge in [-0.2, -0.15) is 0 Å². The summed E-state index contributed by atoms with van der Waals surface area (Å²) in [7, 11) is -3.40. The van der Waals surface area contributed by atoms with E-state index in [2.05, 4.69) is 12.1 Å². The molecule has 0 aliphatic rings. The number of hydrogen-bond donors (Lipinski definition) is 0. The highest BCUT2D eigenvalue weighted by Gasteiger charge is 2.38. The van der Waals surface area contributed by atoms with Crippen LogP contribution in [0.5, 0.6) is 0 Å². The van der Waals surface area contributed by atoms with Crippen molar-refractivity contribution in [2.75, 3.05) is 13.2 Å². The van der Waals surface area contributed by atoms with Crippen LogP contribution in [0.25, 0.3) is 10.1 Å². The maximum atomic E-state index is 13.7. The Morgan fingerprint density at radius 3 is 2.41 bits per heavy atom. The standard InChI is InChI=1S/C20H21Cl2O3PS/c1-3-24-26(23,25-4-2)17(12-15-9-7-10-16(21)20(15)22)19-13-14-8-5-6-11-18(14)27-19/h5-11,13,17H,3-4,12H2,1-2H3. The predicted molar refractivity (Wildman–Crippen MR) is 116 cm³/mol. The van der Waals surface area contributed by atoms with Gasteiger partial charge in [-0.05, 0) is 49.4 Å². The van der Waals surface area contributed by atoms with Crippen LogP contribution in [-0.2, 0) is 20.0 Å². The molecule has 1 heterocycles. The molecule has 1 aromatic heterocycles. The van der Waals surface area contributed by atoms with Crippen molar-refractivity contribution in [2.24, 2.45) is 0 Å². The minimum Gasteiger partial charge on any atom is -0.308 e. The SMILES string of the molecule is CCOP(=O)(OCC)C(Cc1cccc(Cl)c1Cl)c1cc2ccccc2s1. The first-order chi connectivity index (χ1) is 13.0. The van der Waals surface area contributed by atoms with Gasteiger partial charge in [0.05, 0.1) is 28.9 Å². The largest absolute Gasteiger partial charge is 0.339 e. The van der Waals surface area contributed by atoms with Gasteiger partial charge in [-0.3, -0.25) is 4.57 Å². The van der Waals surface area contributed by atoms with E-state index < -0.39 is 13.3 Å². The number of rotatable bonds is 8. The monoisotopic (exact) mass is 442 g/mol. The first-order valence-corrected chi connectivity index (χ1v) is 12.0. The van der Waals surface area contributed by atoms with Crippen molar-refractivity contribution < 1.29 is 13.6 Å². The van der Waals surface area contributed by atoms with Gasteiger partial charge < -0.3 is 9.05 Å². The summed E-state index contributed by atoms with van der Waals surface area (Å²) in [6.07, 6.45) is 0.420. The maximum Gasteiger partial charge on any atom is 0.339 e. The van der Waals surface area contributed by atoms with Crippen LogP contribution in [0, 0.1) is 0 Å². The lowest BCUT2D eigenvalue weighted by molar-refractivity contribution is 0.212. The van der Waals surface area contributed by atoms with Crippen LogP contribution in [-0.4, -0.2) is 13.2 Å². The highest BCUT2D eigenvalue weighted by atomic mass is 35.5. The number of hydrogen-bond acceptors (Lipinski definition) is 4. The van der Waals surface area contributed by atoms with Crippen molar-refractivity contribution in [3.8, 4) is 0 Å². The quantitative estimate of drug-likeness (QED) is 0.334. The van der Waals surface area contributed by atoms with E-state index in [-0.39, 0.29) is 0 Å². The molecule has 0 saturated heterocycles. The fraction of sp³-hybridized carbons (Fsp3) is 0.300. The molecule has 0 bridgehead atoms. The number of halogens is 2. The lowest BCUT2D eigenvalue weighted by Crippen LogP contribution is -2.09. The molecule has 2 aromatic carbocycles. The summed E-state index contributed by atoms with van der Waals surface area (Å²) >= 11 is 14.2. The highest BCUT2D eigenvalue weighted by molar-refractivity contribution is 7.54. The van der Waals surface area contributed by atoms with E-state index >= 15 is 0 Å². The molecule has 3 aromatic rings. The highest BCUT2D eigenvalue weighted by Crippen LogP contribution is 2.63. The molecule has 0 aliphatic heterocycles. The summed E-state index contributed by atoms with van der Waals surface area (Å²) in [5, 5.41) is 2.07. The summed E-state index contributed by atoms with van der Waals surface area (Å²) in [4.78, 5) is 0.956. The van der Waals surface area contributed by atoms with Crippen molar-refractivity contribution in [3.63, 3.8) is 0 Å². The van der Waals surface area contributed by atoms with Gasteiger partial charge in [0, 0.05) is 9.58 Å². The molecule has 1 atom stereocenters. The first-order valence-electron chi connectivity index (χ1n) is 8.78. The average Bonchev–Trinajstić information content (AvgIpc) is 3.06. The Bertz CT molecular complexity index is 930. The van der Waals surface area contributed by atoms with Crippen molar-refractivity contribution in [2.45, 2.75) is 25.9 Å². The fourth-order valence-electron chi connectivity index (χ4n) is 3.03. The Balaban J connectivity index is 2.10. The lowest BCUT2D eigenvalue weighted by atomic mass is 10.1. The Hall–Kier alpha value is -0.870. The Kier molecular flexibility index (Phi) is 7.02. The molecule has 7 heteroatoms. The molecule has 0 amide bonds. The summed E-state index contributed by atoms with van der Waals surface area (Å²) in [5.74, 6) is 0. The third-order valence-electron chi connectivity index (χ3n) is 4.22. The van der Waals surface area contributed by atoms with Crippen LogP contribution < -0.4 is 0 Å². The minimum absolute atomic E-state index is 0.307. The number of thiophene rings is 1. The summed E-state index contributed by atoms with van der Waals surface area (Å²) in [6, 6.07) is 15.6. The van der Waals surface area contributed by atoms with Crippen LogP contribution in [0.1, 0.15) is 29.9 Å². The summed E-state index contributed by atoms with van der Waals surface area (Å²) < 4.78 is 26.2. The molecule has 0 radical (unpaired) electrons. The average molecular weight is 443 g/mol. The zero-order valence-electron chi connectivity index (χ0n) is 15.2. The van der Waals surface area contributed by atoms with Crippen LogP contribution in [0.2, 0.25) is 10.0 Å². The second-order valence-corrected chi connectivity index (χ2v) is 10.1. The van der Waals surface area contributed by atoms with E-state index in [1.165, 1.54) is 0 Å². The van der Waals surface area contributed by atoms with Gasteiger partial charge >= 0.3 is 7.60 Å². The molecule has 3 rings (SSSR count). The third kappa shape index (κ3) is 4.59. The van der Waals surface area contributed by atoms with E-state index in [1.807, 2.05) is 44.2 Å². The second-order valence-electron chi connectivity index (χ2n) is 5.99. The van der Waals surface area contributed by atoms with Gasteiger partial charge in [0.2, 0.25) is 0 Å². The number of benzene rings is 2. The molecule has 0 N–H and O–H groups in total. The minimum atomic E-state index is -3.40. The van der Waals surface area contributed by atoms with Gasteiger partial charge in [-0.15, -0.1) is 11.3 Å². The Morgan fingerprint density at radius 2 is 1.74 bits per heavy atom. The first kappa shape index (κ1) is 20.9. The van der Waals surface area contributed by atoms with E-state index in [1.54, 1.807) is 17.4 Å². The Morgan fingerprint density at radius 1 is 1.04 bits per heavy atom. The molecule has 144 valence electrons. The zero-order valence-corrected chi connectivity index (χ0v) is 18.4. The van der Waals surface area contributed by atoms with Crippen LogP contribution in [0.15, 0.2) is 48.5 Å². The van der Waals surface area contributed by atoms with E-state index in [9.17, 15) is 4.57 Å². The van der Waals surface area contributed by atoms with E-state index in [0.29, 0.717) is 29.7 Å². The fourth-order valence-corrected chi connectivity index (χ4v) is 6.98. The maximum absolute atomic E-state index is 13.7. The van der Waals surface area contributed by atoms with Crippen molar-refractivity contribution in [1.29, 1.82) is 0 Å². The van der Waals surface area contributed by atoms with Crippen molar-refractivity contribution in [1.82, 2.24) is 0 Å². The molecule has 3 nitrogen and oxygen atoms in total. The van der Waals surface area contributed by atoms with Crippen LogP contribution in [0.4, 0.5) is 0 Å². The summed E-state index contributed by atoms with van der Waals surface area (Å²) in [5.41, 5.74) is 0.372. The van der Waals surface area contributed by atoms with Gasteiger partial charge in [0.25, 0.3) is 0 Å². The van der Waals surface area contributed by atoms with Crippen molar-refractivity contribution >= 4 is 52.2 Å². The molecule has 0 saturated carbocycles. The van der Waals surface area contributed by atoms with Crippen LogP contribution in [0.3, 0.4) is 0 Å². The van der Waals surface area contributed by atoms with Gasteiger partial charge in [-0.1, -0.05) is 53.5 Å². The molecular weight excluding hydrogens is 422 g/mol. The predicted octanol–water partition coefficient (Wildman–Crippen LogP) is 7.76. The molecular formula is C20H21Cl2O3PS. The van der Waals surface area contributed by atoms with Crippen LogP contribution >= 0.6 is 42.1 Å². The van der Waals surface area contributed by atoms with Gasteiger partial charge in [0.15, 0.2) is 0 Å². The molecule has 27 heavy (non-hydrogen) atoms. The Labute approximate surface area is 173 Å². The molecule has 1 unspecified atom stereocenters. The van der Waals surface area contributed by atoms with Gasteiger partial charge in [-0.25, -0.2) is 0 Å². The number of fused-ring (bicyclic) bond motifs is 1. The second kappa shape index (κ2) is 9.09. The molecule has 0 spiro atoms. The normalized spacial score (nSPS) is 13.2. The third-order valence-corrected chi connectivity index (χ3v) is 8.94. The van der Waals surface area contributed by atoms with E-state index in [0.717, 1.165) is 20.5 Å². The molecule has 0 fully saturated rings. The topological polar surface area (TPSA) is 35.5 Å². The molecule has 0 aliphatic carbocycles. The lowest BCUT2D eigenvalue weighted by Gasteiger charge is -2.26. The van der Waals surface area contributed by atoms with Gasteiger partial charge in [0.1, 0.15) is 0 Å². The summed E-state index contributed by atoms with van der Waals surface area (Å²) in [6.45, 7) is 4.25. The van der Waals surface area contributed by atoms with E-state index in [4.69, 9.17) is 32.2 Å². The zero-order chi connectivity index (χ0) is 19.4. The van der Waals surface area contributed by atoms with Crippen molar-refractivity contribution in [3.05, 3.63) is 69.0 Å². The smallest absolute Gasteiger partial charge is 0.308 e.